The molecule has 0 unspecified atom stereocenters. The molecule has 1 aromatic heterocycles. The van der Waals surface area contributed by atoms with Crippen LogP contribution in [0.25, 0.3) is 0 Å². The Kier molecular flexibility index (Phi) is 2.75. The summed E-state index contributed by atoms with van der Waals surface area (Å²) in [6, 6.07) is 0. The van der Waals surface area contributed by atoms with Crippen LogP contribution < -0.4 is 5.73 Å². The van der Waals surface area contributed by atoms with Crippen LogP contribution in [0.1, 0.15) is 55.8 Å². The van der Waals surface area contributed by atoms with Crippen molar-refractivity contribution in [1.82, 2.24) is 5.16 Å². The van der Waals surface area contributed by atoms with Gasteiger partial charge in [-0.2, -0.15) is 0 Å². The van der Waals surface area contributed by atoms with Crippen LogP contribution in [-0.2, 0) is 0 Å². The second-order valence-electron chi connectivity index (χ2n) is 4.25. The van der Waals surface area contributed by atoms with Crippen molar-refractivity contribution in [3.05, 3.63) is 11.3 Å². The Morgan fingerprint density at radius 2 is 1.86 bits per heavy atom. The summed E-state index contributed by atoms with van der Waals surface area (Å²) < 4.78 is 5.32. The minimum absolute atomic E-state index is 0.558. The Morgan fingerprint density at radius 1 is 1.21 bits per heavy atom. The molecule has 1 heterocycles. The van der Waals surface area contributed by atoms with E-state index in [4.69, 9.17) is 10.3 Å². The molecule has 2 N–H and O–H groups in total. The fourth-order valence-electron chi connectivity index (χ4n) is 2.28. The summed E-state index contributed by atoms with van der Waals surface area (Å²) in [6.45, 7) is 2.01. The Morgan fingerprint density at radius 3 is 2.36 bits per heavy atom. The number of nitrogens with two attached hydrogens (primary N) is 1. The van der Waals surface area contributed by atoms with Gasteiger partial charge >= 0.3 is 0 Å². The molecular formula is C11H18N2O. The first-order chi connectivity index (χ1) is 6.79. The van der Waals surface area contributed by atoms with E-state index in [9.17, 15) is 0 Å². The van der Waals surface area contributed by atoms with Crippen LogP contribution in [0.2, 0.25) is 0 Å². The van der Waals surface area contributed by atoms with Crippen molar-refractivity contribution in [3.8, 4) is 0 Å². The molecule has 14 heavy (non-hydrogen) atoms. The molecule has 0 spiro atoms. The Hall–Kier alpha value is -0.990. The molecule has 78 valence electrons. The first kappa shape index (κ1) is 9.56. The highest BCUT2D eigenvalue weighted by Gasteiger charge is 2.21. The highest BCUT2D eigenvalue weighted by atomic mass is 16.5. The molecule has 0 saturated heterocycles. The fraction of sp³-hybridized carbons (Fsp3) is 0.727. The van der Waals surface area contributed by atoms with Crippen molar-refractivity contribution in [2.24, 2.45) is 0 Å². The largest absolute Gasteiger partial charge is 0.381 e. The Balaban J connectivity index is 2.16. The average molecular weight is 194 g/mol. The van der Waals surface area contributed by atoms with E-state index in [1.807, 2.05) is 6.92 Å². The number of hydrogen-bond donors (Lipinski definition) is 1. The first-order valence-electron chi connectivity index (χ1n) is 5.50. The van der Waals surface area contributed by atoms with Crippen molar-refractivity contribution in [3.63, 3.8) is 0 Å². The molecule has 1 aromatic rings. The maximum absolute atomic E-state index is 5.68. The summed E-state index contributed by atoms with van der Waals surface area (Å²) in [5.41, 5.74) is 6.73. The first-order valence-corrected chi connectivity index (χ1v) is 5.50. The average Bonchev–Trinajstić information content (AvgIpc) is 2.47. The lowest BCUT2D eigenvalue weighted by atomic mass is 9.95. The third-order valence-corrected chi connectivity index (χ3v) is 3.22. The van der Waals surface area contributed by atoms with Crippen LogP contribution >= 0.6 is 0 Å². The standard InChI is InChI=1S/C11H18N2O/c1-8-10(14-13-11(8)12)9-6-4-2-3-5-7-9/h9H,2-7H2,1H3,(H2,12,13). The SMILES string of the molecule is Cc1c(N)noc1C1CCCCCC1. The Bertz CT molecular complexity index is 298. The lowest BCUT2D eigenvalue weighted by molar-refractivity contribution is 0.348. The van der Waals surface area contributed by atoms with E-state index in [1.165, 1.54) is 38.5 Å². The van der Waals surface area contributed by atoms with Gasteiger partial charge in [0.05, 0.1) is 0 Å². The summed E-state index contributed by atoms with van der Waals surface area (Å²) in [6.07, 6.45) is 7.80. The van der Waals surface area contributed by atoms with Gasteiger partial charge < -0.3 is 10.3 Å². The van der Waals surface area contributed by atoms with Gasteiger partial charge in [0.1, 0.15) is 5.76 Å². The topological polar surface area (TPSA) is 52.0 Å². The molecule has 0 atom stereocenters. The van der Waals surface area contributed by atoms with Gasteiger partial charge in [0, 0.05) is 11.5 Å². The molecule has 1 aliphatic rings. The molecule has 1 saturated carbocycles. The third kappa shape index (κ3) is 1.76. The quantitative estimate of drug-likeness (QED) is 0.699. The molecule has 0 amide bonds. The maximum Gasteiger partial charge on any atom is 0.170 e. The maximum atomic E-state index is 5.68. The normalized spacial score (nSPS) is 19.5. The van der Waals surface area contributed by atoms with Crippen LogP contribution in [0.4, 0.5) is 5.82 Å². The molecule has 0 aliphatic heterocycles. The van der Waals surface area contributed by atoms with Crippen molar-refractivity contribution in [2.45, 2.75) is 51.4 Å². The predicted molar refractivity (Wildman–Crippen MR) is 56.1 cm³/mol. The van der Waals surface area contributed by atoms with Gasteiger partial charge in [-0.3, -0.25) is 0 Å². The predicted octanol–water partition coefficient (Wildman–Crippen LogP) is 3.00. The molecular weight excluding hydrogens is 176 g/mol. The number of rotatable bonds is 1. The van der Waals surface area contributed by atoms with Gasteiger partial charge in [-0.25, -0.2) is 0 Å². The zero-order valence-electron chi connectivity index (χ0n) is 8.75. The molecule has 0 radical (unpaired) electrons. The van der Waals surface area contributed by atoms with Gasteiger partial charge in [-0.15, -0.1) is 0 Å². The summed E-state index contributed by atoms with van der Waals surface area (Å²) in [5, 5.41) is 3.82. The van der Waals surface area contributed by atoms with Crippen molar-refractivity contribution < 1.29 is 4.52 Å². The van der Waals surface area contributed by atoms with E-state index >= 15 is 0 Å². The summed E-state index contributed by atoms with van der Waals surface area (Å²) in [7, 11) is 0. The molecule has 3 heteroatoms. The van der Waals surface area contributed by atoms with Gasteiger partial charge in [-0.05, 0) is 19.8 Å². The van der Waals surface area contributed by atoms with Crippen molar-refractivity contribution >= 4 is 5.82 Å². The van der Waals surface area contributed by atoms with E-state index in [-0.39, 0.29) is 0 Å². The molecule has 1 aliphatic carbocycles. The van der Waals surface area contributed by atoms with Crippen LogP contribution in [0.15, 0.2) is 4.52 Å². The van der Waals surface area contributed by atoms with Gasteiger partial charge in [0.15, 0.2) is 5.82 Å². The van der Waals surface area contributed by atoms with E-state index in [2.05, 4.69) is 5.16 Å². The minimum Gasteiger partial charge on any atom is -0.381 e. The van der Waals surface area contributed by atoms with Crippen molar-refractivity contribution in [2.75, 3.05) is 5.73 Å². The van der Waals surface area contributed by atoms with Crippen LogP contribution in [0.3, 0.4) is 0 Å². The fourth-order valence-corrected chi connectivity index (χ4v) is 2.28. The van der Waals surface area contributed by atoms with Crippen molar-refractivity contribution in [1.29, 1.82) is 0 Å². The number of hydrogen-bond acceptors (Lipinski definition) is 3. The Labute approximate surface area is 84.7 Å². The molecule has 0 aromatic carbocycles. The molecule has 1 fully saturated rings. The highest BCUT2D eigenvalue weighted by molar-refractivity contribution is 5.40. The summed E-state index contributed by atoms with van der Waals surface area (Å²) in [4.78, 5) is 0. The lowest BCUT2D eigenvalue weighted by Gasteiger charge is -2.10. The third-order valence-electron chi connectivity index (χ3n) is 3.22. The monoisotopic (exact) mass is 194 g/mol. The summed E-state index contributed by atoms with van der Waals surface area (Å²) >= 11 is 0. The van der Waals surface area contributed by atoms with E-state index < -0.39 is 0 Å². The van der Waals surface area contributed by atoms with Gasteiger partial charge in [-0.1, -0.05) is 30.8 Å². The smallest absolute Gasteiger partial charge is 0.170 e. The number of nitrogens with zero attached hydrogens (tertiary/aromatic N) is 1. The van der Waals surface area contributed by atoms with Gasteiger partial charge in [0.2, 0.25) is 0 Å². The highest BCUT2D eigenvalue weighted by Crippen LogP contribution is 2.34. The van der Waals surface area contributed by atoms with Crippen LogP contribution in [0.5, 0.6) is 0 Å². The van der Waals surface area contributed by atoms with Gasteiger partial charge in [0.25, 0.3) is 0 Å². The number of nitrogen functional groups attached to an aromatic ring is 1. The molecule has 0 bridgehead atoms. The van der Waals surface area contributed by atoms with E-state index in [0.717, 1.165) is 11.3 Å². The number of aromatic nitrogens is 1. The molecule has 2 rings (SSSR count). The second-order valence-corrected chi connectivity index (χ2v) is 4.25. The zero-order valence-corrected chi connectivity index (χ0v) is 8.75. The zero-order chi connectivity index (χ0) is 9.97. The van der Waals surface area contributed by atoms with Crippen LogP contribution in [-0.4, -0.2) is 5.16 Å². The van der Waals surface area contributed by atoms with E-state index in [0.29, 0.717) is 11.7 Å². The van der Waals surface area contributed by atoms with Crippen LogP contribution in [0, 0.1) is 6.92 Å². The lowest BCUT2D eigenvalue weighted by Crippen LogP contribution is -1.98. The second kappa shape index (κ2) is 4.03. The van der Waals surface area contributed by atoms with E-state index in [1.54, 1.807) is 0 Å². The number of anilines is 1. The minimum atomic E-state index is 0.558. The molecule has 3 nitrogen and oxygen atoms in total. The summed E-state index contributed by atoms with van der Waals surface area (Å²) in [5.74, 6) is 2.15.